The van der Waals surface area contributed by atoms with Gasteiger partial charge in [0.25, 0.3) is 5.91 Å². The van der Waals surface area contributed by atoms with E-state index in [-0.39, 0.29) is 21.9 Å². The lowest BCUT2D eigenvalue weighted by Gasteiger charge is -2.09. The second-order valence-corrected chi connectivity index (χ2v) is 7.05. The molecule has 0 spiro atoms. The minimum absolute atomic E-state index is 0.135. The van der Waals surface area contributed by atoms with E-state index in [4.69, 9.17) is 16.3 Å². The first-order valence-corrected chi connectivity index (χ1v) is 9.47. The van der Waals surface area contributed by atoms with Gasteiger partial charge >= 0.3 is 5.97 Å². The number of hydrogen-bond acceptors (Lipinski definition) is 4. The first-order valence-electron chi connectivity index (χ1n) is 8.30. The highest BCUT2D eigenvalue weighted by atomic mass is 79.9. The topological polar surface area (TPSA) is 67.8 Å². The number of carbonyl (C=O) groups is 2. The van der Waals surface area contributed by atoms with Gasteiger partial charge in [-0.1, -0.05) is 51.8 Å². The van der Waals surface area contributed by atoms with E-state index in [9.17, 15) is 14.0 Å². The van der Waals surface area contributed by atoms with Gasteiger partial charge in [0.05, 0.1) is 22.4 Å². The van der Waals surface area contributed by atoms with Crippen molar-refractivity contribution in [2.75, 3.05) is 0 Å². The van der Waals surface area contributed by atoms with Gasteiger partial charge in [0.1, 0.15) is 11.6 Å². The lowest BCUT2D eigenvalue weighted by atomic mass is 10.2. The Morgan fingerprint density at radius 1 is 1.03 bits per heavy atom. The molecule has 5 nitrogen and oxygen atoms in total. The van der Waals surface area contributed by atoms with Gasteiger partial charge < -0.3 is 4.74 Å². The molecule has 146 valence electrons. The number of halogens is 3. The summed E-state index contributed by atoms with van der Waals surface area (Å²) in [6.45, 7) is 0. The van der Waals surface area contributed by atoms with Gasteiger partial charge in [-0.3, -0.25) is 4.79 Å². The molecule has 1 N–H and O–H groups in total. The summed E-state index contributed by atoms with van der Waals surface area (Å²) in [4.78, 5) is 24.4. The molecule has 0 fully saturated rings. The zero-order valence-electron chi connectivity index (χ0n) is 14.7. The predicted octanol–water partition coefficient (Wildman–Crippen LogP) is 5.22. The molecule has 0 aliphatic rings. The summed E-state index contributed by atoms with van der Waals surface area (Å²) in [6.07, 6.45) is 1.29. The molecule has 3 aromatic rings. The van der Waals surface area contributed by atoms with Crippen LogP contribution in [0.4, 0.5) is 4.39 Å². The van der Waals surface area contributed by atoms with Crippen LogP contribution in [-0.4, -0.2) is 18.1 Å². The van der Waals surface area contributed by atoms with E-state index in [1.165, 1.54) is 24.4 Å². The molecule has 0 aromatic heterocycles. The number of hydrazone groups is 1. The highest BCUT2D eigenvalue weighted by molar-refractivity contribution is 9.10. The molecule has 0 bridgehead atoms. The normalized spacial score (nSPS) is 10.7. The van der Waals surface area contributed by atoms with Gasteiger partial charge in [-0.05, 0) is 42.5 Å². The molecule has 0 unspecified atom stereocenters. The zero-order valence-corrected chi connectivity index (χ0v) is 17.1. The largest absolute Gasteiger partial charge is 0.422 e. The number of ether oxygens (including phenoxy) is 1. The Hall–Kier alpha value is -3.03. The number of hydrogen-bond donors (Lipinski definition) is 1. The molecule has 0 heterocycles. The average molecular weight is 476 g/mol. The third-order valence-corrected chi connectivity index (χ3v) is 4.58. The van der Waals surface area contributed by atoms with E-state index in [1.807, 2.05) is 0 Å². The van der Waals surface area contributed by atoms with Crippen LogP contribution in [0.2, 0.25) is 5.02 Å². The average Bonchev–Trinajstić information content (AvgIpc) is 2.70. The quantitative estimate of drug-likeness (QED) is 0.238. The fourth-order valence-electron chi connectivity index (χ4n) is 2.36. The Balaban J connectivity index is 1.77. The number of rotatable bonds is 5. The third kappa shape index (κ3) is 5.28. The number of nitrogens with zero attached hydrogens (tertiary/aromatic N) is 1. The third-order valence-electron chi connectivity index (χ3n) is 3.76. The van der Waals surface area contributed by atoms with Crippen LogP contribution in [0.15, 0.2) is 76.3 Å². The number of amides is 1. The fraction of sp³-hybridized carbons (Fsp3) is 0. The summed E-state index contributed by atoms with van der Waals surface area (Å²) in [7, 11) is 0. The van der Waals surface area contributed by atoms with Crippen LogP contribution < -0.4 is 10.2 Å². The lowest BCUT2D eigenvalue weighted by molar-refractivity contribution is 0.0734. The van der Waals surface area contributed by atoms with Crippen molar-refractivity contribution in [2.45, 2.75) is 0 Å². The number of esters is 1. The van der Waals surface area contributed by atoms with Crippen LogP contribution >= 0.6 is 27.5 Å². The van der Waals surface area contributed by atoms with Crippen molar-refractivity contribution in [2.24, 2.45) is 5.10 Å². The summed E-state index contributed by atoms with van der Waals surface area (Å²) < 4.78 is 19.8. The van der Waals surface area contributed by atoms with Gasteiger partial charge in [-0.15, -0.1) is 0 Å². The molecule has 8 heteroatoms. The van der Waals surface area contributed by atoms with Crippen molar-refractivity contribution in [3.05, 3.63) is 98.7 Å². The van der Waals surface area contributed by atoms with E-state index in [2.05, 4.69) is 26.5 Å². The Morgan fingerprint density at radius 3 is 2.45 bits per heavy atom. The van der Waals surface area contributed by atoms with Crippen molar-refractivity contribution in [3.8, 4) is 5.75 Å². The van der Waals surface area contributed by atoms with Crippen LogP contribution in [0, 0.1) is 5.82 Å². The van der Waals surface area contributed by atoms with Crippen molar-refractivity contribution >= 4 is 45.6 Å². The molecular formula is C21H13BrClFN2O3. The van der Waals surface area contributed by atoms with Gasteiger partial charge in [-0.2, -0.15) is 5.10 Å². The molecule has 3 aromatic carbocycles. The molecule has 29 heavy (non-hydrogen) atoms. The Kier molecular flexibility index (Phi) is 6.74. The van der Waals surface area contributed by atoms with E-state index >= 15 is 0 Å². The smallest absolute Gasteiger partial charge is 0.345 e. The molecule has 0 aliphatic carbocycles. The molecule has 0 atom stereocenters. The van der Waals surface area contributed by atoms with E-state index in [0.717, 1.165) is 0 Å². The zero-order chi connectivity index (χ0) is 20.8. The van der Waals surface area contributed by atoms with Gasteiger partial charge in [0.2, 0.25) is 0 Å². The molecule has 0 aliphatic heterocycles. The Bertz CT molecular complexity index is 1100. The minimum Gasteiger partial charge on any atom is -0.422 e. The molecule has 0 saturated heterocycles. The SMILES string of the molecule is O=C(N/N=C\c1cc(Br)ccc1OC(=O)c1ccccc1Cl)c1ccccc1F. The summed E-state index contributed by atoms with van der Waals surface area (Å²) in [6, 6.07) is 17.0. The summed E-state index contributed by atoms with van der Waals surface area (Å²) >= 11 is 9.35. The van der Waals surface area contributed by atoms with Crippen molar-refractivity contribution in [3.63, 3.8) is 0 Å². The minimum atomic E-state index is -0.705. The lowest BCUT2D eigenvalue weighted by Crippen LogP contribution is -2.19. The van der Waals surface area contributed by atoms with Crippen LogP contribution in [0.25, 0.3) is 0 Å². The van der Waals surface area contributed by atoms with Gasteiger partial charge in [0.15, 0.2) is 0 Å². The van der Waals surface area contributed by atoms with E-state index in [0.29, 0.717) is 10.0 Å². The summed E-state index contributed by atoms with van der Waals surface area (Å²) in [5, 5.41) is 4.09. The maximum atomic E-state index is 13.7. The molecule has 0 radical (unpaired) electrons. The Morgan fingerprint density at radius 2 is 1.72 bits per heavy atom. The number of nitrogens with one attached hydrogen (secondary N) is 1. The molecule has 1 amide bonds. The fourth-order valence-corrected chi connectivity index (χ4v) is 2.95. The molecular weight excluding hydrogens is 463 g/mol. The number of benzene rings is 3. The highest BCUT2D eigenvalue weighted by Crippen LogP contribution is 2.24. The van der Waals surface area contributed by atoms with Crippen LogP contribution in [0.5, 0.6) is 5.75 Å². The van der Waals surface area contributed by atoms with Gasteiger partial charge in [0, 0.05) is 10.0 Å². The predicted molar refractivity (Wildman–Crippen MR) is 112 cm³/mol. The first-order chi connectivity index (χ1) is 14.0. The second-order valence-electron chi connectivity index (χ2n) is 5.73. The monoisotopic (exact) mass is 474 g/mol. The summed E-state index contributed by atoms with van der Waals surface area (Å²) in [5.41, 5.74) is 2.73. The van der Waals surface area contributed by atoms with Crippen molar-refractivity contribution < 1.29 is 18.7 Å². The first kappa shape index (κ1) is 20.7. The second kappa shape index (κ2) is 9.45. The maximum Gasteiger partial charge on any atom is 0.345 e. The van der Waals surface area contributed by atoms with Crippen LogP contribution in [0.1, 0.15) is 26.3 Å². The van der Waals surface area contributed by atoms with E-state index < -0.39 is 17.7 Å². The highest BCUT2D eigenvalue weighted by Gasteiger charge is 2.15. The number of carbonyl (C=O) groups excluding carboxylic acids is 2. The van der Waals surface area contributed by atoms with Crippen LogP contribution in [-0.2, 0) is 0 Å². The molecule has 0 saturated carbocycles. The standard InChI is InChI=1S/C21H13BrClFN2O3/c22-14-9-10-19(29-21(28)15-5-1-3-7-17(15)23)13(11-14)12-25-26-20(27)16-6-2-4-8-18(16)24/h1-12H,(H,26,27)/b25-12-. The molecule has 3 rings (SSSR count). The summed E-state index contributed by atoms with van der Waals surface area (Å²) in [5.74, 6) is -1.79. The van der Waals surface area contributed by atoms with Crippen molar-refractivity contribution in [1.82, 2.24) is 5.43 Å². The maximum absolute atomic E-state index is 13.7. The van der Waals surface area contributed by atoms with Gasteiger partial charge in [-0.25, -0.2) is 14.6 Å². The van der Waals surface area contributed by atoms with Crippen LogP contribution in [0.3, 0.4) is 0 Å². The Labute approximate surface area is 179 Å². The van der Waals surface area contributed by atoms with Crippen molar-refractivity contribution in [1.29, 1.82) is 0 Å². The van der Waals surface area contributed by atoms with E-state index in [1.54, 1.807) is 48.5 Å².